The summed E-state index contributed by atoms with van der Waals surface area (Å²) in [5, 5.41) is 4.27. The first-order valence-corrected chi connectivity index (χ1v) is 6.83. The van der Waals surface area contributed by atoms with Crippen LogP contribution in [0.4, 0.5) is 0 Å². The molecule has 0 bridgehead atoms. The van der Waals surface area contributed by atoms with Gasteiger partial charge in [-0.2, -0.15) is 5.10 Å². The zero-order chi connectivity index (χ0) is 11.9. The predicted octanol–water partition coefficient (Wildman–Crippen LogP) is 2.38. The predicted molar refractivity (Wildman–Crippen MR) is 66.9 cm³/mol. The second-order valence-corrected chi connectivity index (χ2v) is 4.92. The van der Waals surface area contributed by atoms with Crippen LogP contribution in [-0.4, -0.2) is 24.3 Å². The third-order valence-electron chi connectivity index (χ3n) is 3.48. The molecule has 4 heteroatoms. The topological polar surface area (TPSA) is 50.7 Å². The molecule has 96 valence electrons. The average Bonchev–Trinajstić information content (AvgIpc) is 2.80. The maximum atomic E-state index is 11.7. The molecule has 2 aliphatic rings. The maximum Gasteiger partial charge on any atom is 0.269 e. The number of carbonyl (C=O) groups is 1. The van der Waals surface area contributed by atoms with Crippen LogP contribution in [0.1, 0.15) is 57.8 Å². The molecule has 0 radical (unpaired) electrons. The molecule has 1 saturated heterocycles. The van der Waals surface area contributed by atoms with E-state index in [1.165, 1.54) is 32.1 Å². The van der Waals surface area contributed by atoms with Gasteiger partial charge >= 0.3 is 0 Å². The Morgan fingerprint density at radius 3 is 2.47 bits per heavy atom. The molecule has 1 atom stereocenters. The quantitative estimate of drug-likeness (QED) is 0.751. The zero-order valence-corrected chi connectivity index (χ0v) is 10.4. The first-order chi connectivity index (χ1) is 8.36. The summed E-state index contributed by atoms with van der Waals surface area (Å²) in [5.41, 5.74) is 3.82. The summed E-state index contributed by atoms with van der Waals surface area (Å²) < 4.78 is 5.32. The number of hydrogen-bond acceptors (Lipinski definition) is 3. The minimum atomic E-state index is -0.270. The van der Waals surface area contributed by atoms with Crippen molar-refractivity contribution < 1.29 is 9.53 Å². The number of hydrogen-bond donors (Lipinski definition) is 1. The normalized spacial score (nSPS) is 26.1. The first-order valence-electron chi connectivity index (χ1n) is 6.83. The van der Waals surface area contributed by atoms with Crippen LogP contribution < -0.4 is 5.43 Å². The van der Waals surface area contributed by atoms with Crippen LogP contribution in [0.15, 0.2) is 5.10 Å². The third kappa shape index (κ3) is 4.11. The van der Waals surface area contributed by atoms with Gasteiger partial charge in [-0.1, -0.05) is 19.3 Å². The Morgan fingerprint density at radius 2 is 1.82 bits per heavy atom. The van der Waals surface area contributed by atoms with E-state index in [0.717, 1.165) is 31.4 Å². The number of hydrazone groups is 1. The van der Waals surface area contributed by atoms with Crippen LogP contribution in [0.2, 0.25) is 0 Å². The molecular weight excluding hydrogens is 216 g/mol. The lowest BCUT2D eigenvalue weighted by Gasteiger charge is -2.12. The summed E-state index contributed by atoms with van der Waals surface area (Å²) in [6.45, 7) is 0.703. The zero-order valence-electron chi connectivity index (χ0n) is 10.4. The number of carbonyl (C=O) groups excluding carboxylic acids is 1. The summed E-state index contributed by atoms with van der Waals surface area (Å²) >= 11 is 0. The lowest BCUT2D eigenvalue weighted by Crippen LogP contribution is -2.31. The van der Waals surface area contributed by atoms with Crippen molar-refractivity contribution in [1.82, 2.24) is 5.43 Å². The molecule has 0 aromatic heterocycles. The highest BCUT2D eigenvalue weighted by atomic mass is 16.5. The highest BCUT2D eigenvalue weighted by Gasteiger charge is 2.23. The van der Waals surface area contributed by atoms with Gasteiger partial charge in [0, 0.05) is 12.3 Å². The molecule has 1 heterocycles. The van der Waals surface area contributed by atoms with Crippen molar-refractivity contribution in [3.63, 3.8) is 0 Å². The highest BCUT2D eigenvalue weighted by Crippen LogP contribution is 2.15. The highest BCUT2D eigenvalue weighted by molar-refractivity contribution is 5.87. The van der Waals surface area contributed by atoms with Gasteiger partial charge in [0.1, 0.15) is 6.10 Å². The van der Waals surface area contributed by atoms with Gasteiger partial charge in [0.25, 0.3) is 5.91 Å². The molecule has 1 N–H and O–H groups in total. The minimum absolute atomic E-state index is 0.0722. The fourth-order valence-corrected chi connectivity index (χ4v) is 2.42. The summed E-state index contributed by atoms with van der Waals surface area (Å²) in [5.74, 6) is -0.0722. The number of amides is 1. The molecule has 1 aliphatic carbocycles. The second-order valence-electron chi connectivity index (χ2n) is 4.92. The van der Waals surface area contributed by atoms with Gasteiger partial charge < -0.3 is 4.74 Å². The Balaban J connectivity index is 1.78. The fourth-order valence-electron chi connectivity index (χ4n) is 2.42. The van der Waals surface area contributed by atoms with Gasteiger partial charge in [0.2, 0.25) is 0 Å². The Kier molecular flexibility index (Phi) is 4.98. The molecule has 2 rings (SSSR count). The van der Waals surface area contributed by atoms with Crippen LogP contribution in [0.3, 0.4) is 0 Å². The minimum Gasteiger partial charge on any atom is -0.368 e. The van der Waals surface area contributed by atoms with E-state index in [2.05, 4.69) is 10.5 Å². The Bertz CT molecular complexity index is 273. The van der Waals surface area contributed by atoms with Gasteiger partial charge in [-0.15, -0.1) is 0 Å². The Hall–Kier alpha value is -0.900. The molecule has 4 nitrogen and oxygen atoms in total. The fraction of sp³-hybridized carbons (Fsp3) is 0.846. The van der Waals surface area contributed by atoms with E-state index in [0.29, 0.717) is 6.61 Å². The molecule has 1 saturated carbocycles. The van der Waals surface area contributed by atoms with Gasteiger partial charge in [-0.05, 0) is 38.5 Å². The molecular formula is C13H22N2O2. The van der Waals surface area contributed by atoms with E-state index in [-0.39, 0.29) is 12.0 Å². The van der Waals surface area contributed by atoms with Gasteiger partial charge in [-0.25, -0.2) is 5.43 Å². The van der Waals surface area contributed by atoms with Gasteiger partial charge in [0.15, 0.2) is 0 Å². The molecule has 1 amide bonds. The number of nitrogens with zero attached hydrogens (tertiary/aromatic N) is 1. The summed E-state index contributed by atoms with van der Waals surface area (Å²) in [6, 6.07) is 0. The van der Waals surface area contributed by atoms with Gasteiger partial charge in [-0.3, -0.25) is 4.79 Å². The maximum absolute atomic E-state index is 11.7. The van der Waals surface area contributed by atoms with Crippen molar-refractivity contribution in [3.05, 3.63) is 0 Å². The molecule has 0 spiro atoms. The summed E-state index contributed by atoms with van der Waals surface area (Å²) in [4.78, 5) is 11.7. The van der Waals surface area contributed by atoms with Crippen LogP contribution in [0, 0.1) is 0 Å². The van der Waals surface area contributed by atoms with E-state index >= 15 is 0 Å². The Labute approximate surface area is 103 Å². The standard InChI is InChI=1S/C13H22N2O2/c16-13(12-9-6-10-17-12)15-14-11-7-4-2-1-3-5-8-11/h12H,1-10H2,(H,15,16)/t12-/m1/s1. The van der Waals surface area contributed by atoms with Crippen molar-refractivity contribution >= 4 is 11.6 Å². The summed E-state index contributed by atoms with van der Waals surface area (Å²) in [6.07, 6.45) is 9.94. The molecule has 0 unspecified atom stereocenters. The molecule has 17 heavy (non-hydrogen) atoms. The van der Waals surface area contributed by atoms with Crippen molar-refractivity contribution in [2.45, 2.75) is 63.9 Å². The van der Waals surface area contributed by atoms with E-state index in [1.807, 2.05) is 0 Å². The molecule has 1 aliphatic heterocycles. The van der Waals surface area contributed by atoms with E-state index in [4.69, 9.17) is 4.74 Å². The first kappa shape index (κ1) is 12.6. The lowest BCUT2D eigenvalue weighted by atomic mass is 9.99. The Morgan fingerprint density at radius 1 is 1.12 bits per heavy atom. The van der Waals surface area contributed by atoms with E-state index < -0.39 is 0 Å². The largest absolute Gasteiger partial charge is 0.368 e. The van der Waals surface area contributed by atoms with Crippen molar-refractivity contribution in [1.29, 1.82) is 0 Å². The van der Waals surface area contributed by atoms with Crippen LogP contribution in [0.25, 0.3) is 0 Å². The van der Waals surface area contributed by atoms with E-state index in [9.17, 15) is 4.79 Å². The number of nitrogens with one attached hydrogen (secondary N) is 1. The lowest BCUT2D eigenvalue weighted by molar-refractivity contribution is -0.130. The van der Waals surface area contributed by atoms with Crippen LogP contribution in [0.5, 0.6) is 0 Å². The SMILES string of the molecule is O=C(NN=C1CCCCCCC1)[C@H]1CCCO1. The number of ether oxygens (including phenoxy) is 1. The van der Waals surface area contributed by atoms with Gasteiger partial charge in [0.05, 0.1) is 0 Å². The number of rotatable bonds is 2. The summed E-state index contributed by atoms with van der Waals surface area (Å²) in [7, 11) is 0. The molecule has 0 aromatic rings. The van der Waals surface area contributed by atoms with Crippen molar-refractivity contribution in [3.8, 4) is 0 Å². The third-order valence-corrected chi connectivity index (χ3v) is 3.48. The molecule has 0 aromatic carbocycles. The van der Waals surface area contributed by atoms with Crippen molar-refractivity contribution in [2.24, 2.45) is 5.10 Å². The molecule has 2 fully saturated rings. The monoisotopic (exact) mass is 238 g/mol. The van der Waals surface area contributed by atoms with Crippen LogP contribution >= 0.6 is 0 Å². The van der Waals surface area contributed by atoms with Crippen molar-refractivity contribution in [2.75, 3.05) is 6.61 Å². The van der Waals surface area contributed by atoms with Crippen LogP contribution in [-0.2, 0) is 9.53 Å². The average molecular weight is 238 g/mol. The second kappa shape index (κ2) is 6.74. The van der Waals surface area contributed by atoms with E-state index in [1.54, 1.807) is 0 Å². The smallest absolute Gasteiger partial charge is 0.269 e.